The Hall–Kier alpha value is -1.05. The monoisotopic (exact) mass is 124 g/mol. The van der Waals surface area contributed by atoms with Gasteiger partial charge >= 0.3 is 0 Å². The van der Waals surface area contributed by atoms with Gasteiger partial charge < -0.3 is 5.73 Å². The summed E-state index contributed by atoms with van der Waals surface area (Å²) in [6.45, 7) is 3.76. The minimum absolute atomic E-state index is 0.538. The largest absolute Gasteiger partial charge is 0.384 e. The fraction of sp³-hybridized carbons (Fsp3) is 0.286. The molecule has 9 heavy (non-hydrogen) atoms. The predicted octanol–water partition coefficient (Wildman–Crippen LogP) is 1.45. The van der Waals surface area contributed by atoms with Crippen LogP contribution < -0.4 is 5.73 Å². The number of nitrogens with zero attached hydrogens (tertiary/aromatic N) is 1. The number of aliphatic imine (C=N–C) groups is 1. The standard InChI is InChI=1S/C7H12N2/c1-3-5-6-7(8)9-4-2/h3-6H,8H2,1-2H3/b5-3-,7-6-,9-4?. The fourth-order valence-electron chi connectivity index (χ4n) is 0.387. The van der Waals surface area contributed by atoms with E-state index in [0.29, 0.717) is 5.82 Å². The van der Waals surface area contributed by atoms with E-state index < -0.39 is 0 Å². The Morgan fingerprint density at radius 2 is 2.11 bits per heavy atom. The van der Waals surface area contributed by atoms with Crippen LogP contribution in [0.15, 0.2) is 29.0 Å². The van der Waals surface area contributed by atoms with E-state index in [1.54, 1.807) is 12.3 Å². The van der Waals surface area contributed by atoms with Crippen LogP contribution in [0.1, 0.15) is 13.8 Å². The van der Waals surface area contributed by atoms with Crippen molar-refractivity contribution in [3.05, 3.63) is 24.0 Å². The molecule has 0 heterocycles. The van der Waals surface area contributed by atoms with E-state index in [1.165, 1.54) is 0 Å². The first-order chi connectivity index (χ1) is 4.31. The lowest BCUT2D eigenvalue weighted by atomic mass is 10.5. The molecule has 0 radical (unpaired) electrons. The Labute approximate surface area is 55.8 Å². The molecule has 0 amide bonds. The van der Waals surface area contributed by atoms with E-state index in [4.69, 9.17) is 5.73 Å². The molecule has 0 bridgehead atoms. The molecule has 0 atom stereocenters. The van der Waals surface area contributed by atoms with E-state index in [0.717, 1.165) is 0 Å². The molecular formula is C7H12N2. The quantitative estimate of drug-likeness (QED) is 0.439. The van der Waals surface area contributed by atoms with Gasteiger partial charge in [-0.15, -0.1) is 0 Å². The summed E-state index contributed by atoms with van der Waals surface area (Å²) in [4.78, 5) is 3.82. The average molecular weight is 124 g/mol. The second-order valence-corrected chi connectivity index (χ2v) is 1.50. The molecule has 0 unspecified atom stereocenters. The Balaban J connectivity index is 3.84. The zero-order valence-corrected chi connectivity index (χ0v) is 5.83. The van der Waals surface area contributed by atoms with Crippen molar-refractivity contribution in [1.29, 1.82) is 0 Å². The van der Waals surface area contributed by atoms with Crippen molar-refractivity contribution in [3.63, 3.8) is 0 Å². The number of hydrogen-bond donors (Lipinski definition) is 1. The molecule has 0 aliphatic carbocycles. The Morgan fingerprint density at radius 3 is 2.56 bits per heavy atom. The average Bonchev–Trinajstić information content (AvgIpc) is 1.85. The van der Waals surface area contributed by atoms with Gasteiger partial charge in [0.15, 0.2) is 0 Å². The number of rotatable bonds is 2. The van der Waals surface area contributed by atoms with Gasteiger partial charge in [0.1, 0.15) is 5.82 Å². The summed E-state index contributed by atoms with van der Waals surface area (Å²) in [5.41, 5.74) is 5.38. The first-order valence-corrected chi connectivity index (χ1v) is 2.88. The Kier molecular flexibility index (Phi) is 4.50. The maximum Gasteiger partial charge on any atom is 0.122 e. The first-order valence-electron chi connectivity index (χ1n) is 2.88. The SMILES string of the molecule is CC=N/C(N)=C\C=C/C. The van der Waals surface area contributed by atoms with Crippen LogP contribution in [0.25, 0.3) is 0 Å². The van der Waals surface area contributed by atoms with Crippen LogP contribution in [-0.4, -0.2) is 6.21 Å². The number of allylic oxidation sites excluding steroid dienone is 3. The topological polar surface area (TPSA) is 38.4 Å². The number of nitrogens with two attached hydrogens (primary N) is 1. The molecular weight excluding hydrogens is 112 g/mol. The number of hydrogen-bond acceptors (Lipinski definition) is 2. The van der Waals surface area contributed by atoms with Crippen molar-refractivity contribution in [3.8, 4) is 0 Å². The highest BCUT2D eigenvalue weighted by Crippen LogP contribution is 1.84. The van der Waals surface area contributed by atoms with Crippen molar-refractivity contribution in [1.82, 2.24) is 0 Å². The lowest BCUT2D eigenvalue weighted by molar-refractivity contribution is 1.25. The van der Waals surface area contributed by atoms with E-state index >= 15 is 0 Å². The van der Waals surface area contributed by atoms with Gasteiger partial charge in [0.2, 0.25) is 0 Å². The zero-order valence-electron chi connectivity index (χ0n) is 5.83. The summed E-state index contributed by atoms with van der Waals surface area (Å²) < 4.78 is 0. The van der Waals surface area contributed by atoms with Gasteiger partial charge in [-0.1, -0.05) is 12.2 Å². The molecule has 2 nitrogen and oxygen atoms in total. The minimum atomic E-state index is 0.538. The van der Waals surface area contributed by atoms with Gasteiger partial charge in [-0.05, 0) is 19.9 Å². The Bertz CT molecular complexity index is 143. The normalized spacial score (nSPS) is 13.8. The van der Waals surface area contributed by atoms with Crippen molar-refractivity contribution in [2.45, 2.75) is 13.8 Å². The molecule has 0 spiro atoms. The summed E-state index contributed by atoms with van der Waals surface area (Å²) in [6.07, 6.45) is 7.16. The van der Waals surface area contributed by atoms with Gasteiger partial charge in [0.25, 0.3) is 0 Å². The fourth-order valence-corrected chi connectivity index (χ4v) is 0.387. The summed E-state index contributed by atoms with van der Waals surface area (Å²) >= 11 is 0. The molecule has 0 rings (SSSR count). The maximum absolute atomic E-state index is 5.38. The molecule has 0 saturated heterocycles. The lowest BCUT2D eigenvalue weighted by Gasteiger charge is -1.84. The predicted molar refractivity (Wildman–Crippen MR) is 41.3 cm³/mol. The maximum atomic E-state index is 5.38. The minimum Gasteiger partial charge on any atom is -0.384 e. The van der Waals surface area contributed by atoms with Crippen LogP contribution in [0.5, 0.6) is 0 Å². The molecule has 2 heteroatoms. The van der Waals surface area contributed by atoms with Crippen LogP contribution in [0, 0.1) is 0 Å². The van der Waals surface area contributed by atoms with Gasteiger partial charge in [0, 0.05) is 6.21 Å². The van der Waals surface area contributed by atoms with Crippen LogP contribution in [0.2, 0.25) is 0 Å². The van der Waals surface area contributed by atoms with Crippen molar-refractivity contribution in [2.75, 3.05) is 0 Å². The molecule has 0 saturated carbocycles. The van der Waals surface area contributed by atoms with E-state index in [-0.39, 0.29) is 0 Å². The summed E-state index contributed by atoms with van der Waals surface area (Å²) in [6, 6.07) is 0. The molecule has 0 aromatic rings. The van der Waals surface area contributed by atoms with Gasteiger partial charge in [-0.25, -0.2) is 4.99 Å². The van der Waals surface area contributed by atoms with Crippen LogP contribution in [0.3, 0.4) is 0 Å². The first kappa shape index (κ1) is 7.95. The summed E-state index contributed by atoms with van der Waals surface area (Å²) in [5.74, 6) is 0.538. The van der Waals surface area contributed by atoms with E-state index in [1.807, 2.05) is 26.0 Å². The second-order valence-electron chi connectivity index (χ2n) is 1.50. The van der Waals surface area contributed by atoms with Gasteiger partial charge in [0.05, 0.1) is 0 Å². The van der Waals surface area contributed by atoms with E-state index in [9.17, 15) is 0 Å². The van der Waals surface area contributed by atoms with Crippen molar-refractivity contribution >= 4 is 6.21 Å². The summed E-state index contributed by atoms with van der Waals surface area (Å²) in [5, 5.41) is 0. The molecule has 2 N–H and O–H groups in total. The van der Waals surface area contributed by atoms with Gasteiger partial charge in [-0.2, -0.15) is 0 Å². The molecule has 0 aromatic heterocycles. The zero-order chi connectivity index (χ0) is 7.11. The third-order valence-corrected chi connectivity index (χ3v) is 0.738. The van der Waals surface area contributed by atoms with Crippen molar-refractivity contribution < 1.29 is 0 Å². The molecule has 0 aromatic carbocycles. The van der Waals surface area contributed by atoms with Crippen LogP contribution in [-0.2, 0) is 0 Å². The molecule has 0 fully saturated rings. The molecule has 50 valence electrons. The Morgan fingerprint density at radius 1 is 1.44 bits per heavy atom. The molecule has 0 aliphatic heterocycles. The van der Waals surface area contributed by atoms with Gasteiger partial charge in [-0.3, -0.25) is 0 Å². The van der Waals surface area contributed by atoms with Crippen LogP contribution >= 0.6 is 0 Å². The highest BCUT2D eigenvalue weighted by molar-refractivity contribution is 5.55. The molecule has 0 aliphatic rings. The summed E-state index contributed by atoms with van der Waals surface area (Å²) in [7, 11) is 0. The third-order valence-electron chi connectivity index (χ3n) is 0.738. The van der Waals surface area contributed by atoms with E-state index in [2.05, 4.69) is 4.99 Å². The van der Waals surface area contributed by atoms with Crippen molar-refractivity contribution in [2.24, 2.45) is 10.7 Å². The third kappa shape index (κ3) is 4.81. The highest BCUT2D eigenvalue weighted by Gasteiger charge is 1.73. The highest BCUT2D eigenvalue weighted by atomic mass is 14.9. The smallest absolute Gasteiger partial charge is 0.122 e. The van der Waals surface area contributed by atoms with Crippen LogP contribution in [0.4, 0.5) is 0 Å². The lowest BCUT2D eigenvalue weighted by Crippen LogP contribution is -1.91. The second kappa shape index (κ2) is 5.09.